The molecule has 0 aliphatic carbocycles. The number of carboxylic acids is 1. The Kier molecular flexibility index (Phi) is 23.8. The lowest BCUT2D eigenvalue weighted by atomic mass is 10.3. The zero-order chi connectivity index (χ0) is 34.5. The van der Waals surface area contributed by atoms with Crippen molar-refractivity contribution in [2.45, 2.75) is 0 Å². The number of halogens is 1. The molecule has 0 fully saturated rings. The smallest absolute Gasteiger partial charge is 0.360 e. The zero-order valence-corrected chi connectivity index (χ0v) is 30.4. The first kappa shape index (κ1) is 45.8. The number of carboxylic acid groups (broad SMARTS) is 1. The van der Waals surface area contributed by atoms with Crippen LogP contribution in [0.25, 0.3) is 0 Å². The quantitative estimate of drug-likeness (QED) is 0.127. The van der Waals surface area contributed by atoms with Gasteiger partial charge < -0.3 is 39.6 Å². The van der Waals surface area contributed by atoms with Gasteiger partial charge in [-0.1, -0.05) is 84.9 Å². The van der Waals surface area contributed by atoms with E-state index in [1.54, 1.807) is 66.7 Å². The first-order chi connectivity index (χ1) is 20.8. The van der Waals surface area contributed by atoms with Crippen molar-refractivity contribution < 1.29 is 57.5 Å². The second-order valence-electron chi connectivity index (χ2n) is 8.28. The Hall–Kier alpha value is -2.30. The van der Waals surface area contributed by atoms with Gasteiger partial charge in [-0.3, -0.25) is 18.5 Å². The maximum absolute atomic E-state index is 10.6. The minimum Gasteiger partial charge on any atom is -0.481 e. The summed E-state index contributed by atoms with van der Waals surface area (Å²) in [6.45, 7) is 0. The molecule has 0 heterocycles. The fourth-order valence-corrected chi connectivity index (χ4v) is 4.66. The van der Waals surface area contributed by atoms with Crippen LogP contribution in [-0.4, -0.2) is 46.6 Å². The second-order valence-corrected chi connectivity index (χ2v) is 14.9. The van der Waals surface area contributed by atoms with Crippen LogP contribution >= 0.6 is 57.1 Å². The van der Waals surface area contributed by atoms with Crippen molar-refractivity contribution in [3.8, 4) is 0 Å². The Morgan fingerprint density at radius 2 is 1.09 bits per heavy atom. The van der Waals surface area contributed by atoms with Crippen LogP contribution in [0.2, 0.25) is 0 Å². The maximum Gasteiger partial charge on any atom is 0.360 e. The molecule has 0 aliphatic heterocycles. The molecule has 3 unspecified atom stereocenters. The molecule has 4 aromatic carbocycles. The van der Waals surface area contributed by atoms with Crippen LogP contribution in [0.4, 0.5) is 5.69 Å². The number of para-hydroxylation sites is 1. The minimum atomic E-state index is -4.32. The van der Waals surface area contributed by atoms with Gasteiger partial charge in [-0.25, -0.2) is 10.1 Å². The van der Waals surface area contributed by atoms with E-state index in [0.29, 0.717) is 11.0 Å². The SMILES string of the molecule is Br.NP(=O)(O)Nc1ccccc1.O=C(O)CP(=O)(O)O.O=P(O)(O)c1ccccc1.O=[PH](O)c1ccccc1.Pc1ccccc1. The van der Waals surface area contributed by atoms with Crippen LogP contribution in [0.15, 0.2) is 121 Å². The summed E-state index contributed by atoms with van der Waals surface area (Å²) in [6.07, 6.45) is -1.09. The van der Waals surface area contributed by atoms with E-state index in [1.807, 2.05) is 42.5 Å². The van der Waals surface area contributed by atoms with Crippen LogP contribution < -0.4 is 26.5 Å². The maximum atomic E-state index is 10.6. The predicted octanol–water partition coefficient (Wildman–Crippen LogP) is 3.44. The van der Waals surface area contributed by atoms with E-state index in [1.165, 1.54) is 17.4 Å². The average molecular weight is 803 g/mol. The highest BCUT2D eigenvalue weighted by Gasteiger charge is 2.17. The van der Waals surface area contributed by atoms with Gasteiger partial charge in [0.05, 0.1) is 5.30 Å². The fraction of sp³-hybridized carbons (Fsp3) is 0.0385. The van der Waals surface area contributed by atoms with Crippen molar-refractivity contribution in [1.29, 1.82) is 0 Å². The molecule has 14 nitrogen and oxygen atoms in total. The van der Waals surface area contributed by atoms with Gasteiger partial charge in [0.15, 0.2) is 0 Å². The Morgan fingerprint density at radius 1 is 0.717 bits per heavy atom. The highest BCUT2D eigenvalue weighted by Crippen LogP contribution is 2.33. The predicted molar refractivity (Wildman–Crippen MR) is 190 cm³/mol. The molecule has 254 valence electrons. The Morgan fingerprint density at radius 3 is 1.30 bits per heavy atom. The number of rotatable bonds is 6. The molecule has 46 heavy (non-hydrogen) atoms. The van der Waals surface area contributed by atoms with Gasteiger partial charge >= 0.3 is 28.8 Å². The van der Waals surface area contributed by atoms with Crippen LogP contribution in [-0.2, 0) is 23.1 Å². The summed E-state index contributed by atoms with van der Waals surface area (Å²) in [6, 6.07) is 35.0. The summed E-state index contributed by atoms with van der Waals surface area (Å²) in [5, 5.41) is 11.8. The molecule has 0 aliphatic rings. The van der Waals surface area contributed by atoms with E-state index in [2.05, 4.69) is 14.3 Å². The number of anilines is 1. The first-order valence-corrected chi connectivity index (χ1v) is 19.3. The van der Waals surface area contributed by atoms with Crippen molar-refractivity contribution >= 4 is 84.7 Å². The van der Waals surface area contributed by atoms with E-state index in [0.717, 1.165) is 0 Å². The molecule has 3 atom stereocenters. The van der Waals surface area contributed by atoms with Crippen LogP contribution in [0, 0.1) is 0 Å². The van der Waals surface area contributed by atoms with Gasteiger partial charge in [-0.2, -0.15) is 0 Å². The largest absolute Gasteiger partial charge is 0.481 e. The summed E-state index contributed by atoms with van der Waals surface area (Å²) in [7, 11) is -11.8. The molecule has 20 heteroatoms. The van der Waals surface area contributed by atoms with Crippen molar-refractivity contribution in [2.24, 2.45) is 5.50 Å². The van der Waals surface area contributed by atoms with Gasteiger partial charge in [0, 0.05) is 11.0 Å². The number of nitrogens with two attached hydrogens (primary N) is 1. The minimum absolute atomic E-state index is 0. The van der Waals surface area contributed by atoms with Crippen molar-refractivity contribution in [1.82, 2.24) is 0 Å². The highest BCUT2D eigenvalue weighted by molar-refractivity contribution is 8.93. The molecule has 0 bridgehead atoms. The van der Waals surface area contributed by atoms with Gasteiger partial charge in [-0.05, 0) is 41.7 Å². The monoisotopic (exact) mass is 802 g/mol. The van der Waals surface area contributed by atoms with E-state index in [4.69, 9.17) is 40.0 Å². The average Bonchev–Trinajstić information content (AvgIpc) is 2.94. The normalized spacial score (nSPS) is 12.0. The summed E-state index contributed by atoms with van der Waals surface area (Å²) in [5.74, 6) is -1.49. The van der Waals surface area contributed by atoms with Crippen LogP contribution in [0.3, 0.4) is 0 Å². The molecule has 0 aromatic heterocycles. The standard InChI is InChI=1S/C6H9N2O2P.C6H7O3P.C6H7O2P.C6H7P.C2H5O5P.BrH/c7-11(9,10)8-6-4-2-1-3-5-6;7-10(8,9)6-4-2-1-3-5-6;7-9(8)6-4-2-1-3-5-6;7-6-4-2-1-3-5-6;3-2(4)1-8(5,6)7;/h1-5H,(H4,7,8,9,10);1-5H,(H2,7,8,9);1-5,9H,(H,7,8);1-5H,7H2;1H2,(H,3,4)(H2,5,6,7);1H. The molecule has 4 aromatic rings. The van der Waals surface area contributed by atoms with E-state index >= 15 is 0 Å². The molecule has 0 radical (unpaired) electrons. The summed E-state index contributed by atoms with van der Waals surface area (Å²) < 4.78 is 41.3. The first-order valence-electron chi connectivity index (χ1n) is 12.2. The number of hydrogen-bond donors (Lipinski definition) is 9. The number of nitrogens with one attached hydrogen (secondary N) is 1. The molecular formula is C26H36BrN2O12P5. The van der Waals surface area contributed by atoms with Crippen molar-refractivity contribution in [2.75, 3.05) is 11.2 Å². The molecule has 0 saturated heterocycles. The number of aliphatic carboxylic acids is 1. The molecule has 0 amide bonds. The second kappa shape index (κ2) is 23.9. The van der Waals surface area contributed by atoms with Gasteiger partial charge in [0.25, 0.3) is 0 Å². The molecule has 10 N–H and O–H groups in total. The zero-order valence-electron chi connectivity index (χ0n) is 23.8. The Labute approximate surface area is 279 Å². The number of benzene rings is 4. The summed E-state index contributed by atoms with van der Waals surface area (Å²) >= 11 is 0. The number of carbonyl (C=O) groups is 1. The molecular weight excluding hydrogens is 767 g/mol. The third-order valence-electron chi connectivity index (χ3n) is 4.32. The van der Waals surface area contributed by atoms with Crippen LogP contribution in [0.1, 0.15) is 0 Å². The lowest BCUT2D eigenvalue weighted by Crippen LogP contribution is -2.03. The Bertz CT molecular complexity index is 1560. The van der Waals surface area contributed by atoms with Crippen molar-refractivity contribution in [3.63, 3.8) is 0 Å². The fourth-order valence-electron chi connectivity index (χ4n) is 2.53. The van der Waals surface area contributed by atoms with E-state index in [-0.39, 0.29) is 22.3 Å². The van der Waals surface area contributed by atoms with Crippen LogP contribution in [0.5, 0.6) is 0 Å². The lowest BCUT2D eigenvalue weighted by Gasteiger charge is -2.07. The molecule has 0 spiro atoms. The summed E-state index contributed by atoms with van der Waals surface area (Å²) in [4.78, 5) is 59.8. The van der Waals surface area contributed by atoms with Gasteiger partial charge in [-0.15, -0.1) is 26.2 Å². The van der Waals surface area contributed by atoms with E-state index in [9.17, 15) is 23.1 Å². The number of hydrogen-bond acceptors (Lipinski definition) is 5. The lowest BCUT2D eigenvalue weighted by molar-refractivity contribution is -0.134. The third-order valence-corrected chi connectivity index (χ3v) is 7.76. The van der Waals surface area contributed by atoms with Gasteiger partial charge in [0.2, 0.25) is 8.03 Å². The Balaban J connectivity index is 0. The molecule has 0 saturated carbocycles. The topological polar surface area (TPSA) is 265 Å². The van der Waals surface area contributed by atoms with Crippen molar-refractivity contribution in [3.05, 3.63) is 121 Å². The van der Waals surface area contributed by atoms with E-state index < -0.39 is 43.0 Å². The highest BCUT2D eigenvalue weighted by atomic mass is 79.9. The summed E-state index contributed by atoms with van der Waals surface area (Å²) in [5.41, 5.74) is 5.41. The van der Waals surface area contributed by atoms with Gasteiger partial charge in [0.1, 0.15) is 6.16 Å². The molecule has 4 rings (SSSR count). The third kappa shape index (κ3) is 28.0.